The Morgan fingerprint density at radius 2 is 2.05 bits per heavy atom. The largest absolute Gasteiger partial charge is 0.253 e. The SMILES string of the molecule is CC/C=C(\N=C(/C)C1=CC=CCC1)c1ccccc1. The van der Waals surface area contributed by atoms with Gasteiger partial charge in [0.25, 0.3) is 0 Å². The van der Waals surface area contributed by atoms with Gasteiger partial charge in [-0.2, -0.15) is 0 Å². The molecule has 0 fully saturated rings. The summed E-state index contributed by atoms with van der Waals surface area (Å²) >= 11 is 0. The van der Waals surface area contributed by atoms with Gasteiger partial charge in [-0.05, 0) is 37.3 Å². The summed E-state index contributed by atoms with van der Waals surface area (Å²) < 4.78 is 0. The van der Waals surface area contributed by atoms with Crippen molar-refractivity contribution >= 4 is 11.4 Å². The van der Waals surface area contributed by atoms with E-state index in [2.05, 4.69) is 62.4 Å². The van der Waals surface area contributed by atoms with Gasteiger partial charge in [-0.15, -0.1) is 0 Å². The van der Waals surface area contributed by atoms with E-state index in [0.29, 0.717) is 0 Å². The van der Waals surface area contributed by atoms with E-state index in [0.717, 1.165) is 30.7 Å². The van der Waals surface area contributed by atoms with Gasteiger partial charge in [0.2, 0.25) is 0 Å². The Morgan fingerprint density at radius 1 is 1.26 bits per heavy atom. The predicted octanol–water partition coefficient (Wildman–Crippen LogP) is 5.17. The molecule has 0 saturated heterocycles. The maximum Gasteiger partial charge on any atom is 0.0665 e. The van der Waals surface area contributed by atoms with E-state index in [9.17, 15) is 0 Å². The summed E-state index contributed by atoms with van der Waals surface area (Å²) in [6, 6.07) is 10.4. The highest BCUT2D eigenvalue weighted by molar-refractivity contribution is 6.01. The van der Waals surface area contributed by atoms with Crippen LogP contribution in [-0.4, -0.2) is 5.71 Å². The second-order valence-corrected chi connectivity index (χ2v) is 4.72. The quantitative estimate of drug-likeness (QED) is 0.654. The summed E-state index contributed by atoms with van der Waals surface area (Å²) in [5.41, 5.74) is 4.75. The molecular weight excluding hydrogens is 230 g/mol. The zero-order valence-corrected chi connectivity index (χ0v) is 11.8. The third kappa shape index (κ3) is 3.78. The molecule has 1 aliphatic carbocycles. The van der Waals surface area contributed by atoms with Crippen molar-refractivity contribution in [3.63, 3.8) is 0 Å². The average Bonchev–Trinajstić information content (AvgIpc) is 2.48. The number of hydrogen-bond donors (Lipinski definition) is 0. The lowest BCUT2D eigenvalue weighted by molar-refractivity contribution is 1.00. The molecule has 0 saturated carbocycles. The number of aliphatic imine (C=N–C) groups is 1. The molecule has 0 aromatic heterocycles. The Kier molecular flexibility index (Phi) is 4.91. The topological polar surface area (TPSA) is 12.4 Å². The lowest BCUT2D eigenvalue weighted by Crippen LogP contribution is -2.00. The molecule has 2 rings (SSSR count). The van der Waals surface area contributed by atoms with E-state index in [1.807, 2.05) is 6.07 Å². The van der Waals surface area contributed by atoms with E-state index in [1.165, 1.54) is 11.1 Å². The smallest absolute Gasteiger partial charge is 0.0665 e. The van der Waals surface area contributed by atoms with Crippen molar-refractivity contribution in [1.29, 1.82) is 0 Å². The predicted molar refractivity (Wildman–Crippen MR) is 84.3 cm³/mol. The van der Waals surface area contributed by atoms with Crippen LogP contribution in [-0.2, 0) is 0 Å². The summed E-state index contributed by atoms with van der Waals surface area (Å²) in [5, 5.41) is 0. The average molecular weight is 251 g/mol. The molecule has 0 radical (unpaired) electrons. The molecule has 1 nitrogen and oxygen atoms in total. The van der Waals surface area contributed by atoms with Gasteiger partial charge in [0, 0.05) is 5.71 Å². The molecule has 0 atom stereocenters. The first-order valence-corrected chi connectivity index (χ1v) is 6.98. The molecule has 19 heavy (non-hydrogen) atoms. The van der Waals surface area contributed by atoms with Gasteiger partial charge in [0.15, 0.2) is 0 Å². The minimum atomic E-state index is 1.000. The lowest BCUT2D eigenvalue weighted by Gasteiger charge is -2.10. The van der Waals surface area contributed by atoms with E-state index in [1.54, 1.807) is 0 Å². The van der Waals surface area contributed by atoms with E-state index < -0.39 is 0 Å². The van der Waals surface area contributed by atoms with Gasteiger partial charge < -0.3 is 0 Å². The highest BCUT2D eigenvalue weighted by Gasteiger charge is 2.05. The molecule has 1 heteroatoms. The molecule has 1 aromatic carbocycles. The molecule has 0 spiro atoms. The minimum Gasteiger partial charge on any atom is -0.253 e. The first-order chi connectivity index (χ1) is 9.31. The van der Waals surface area contributed by atoms with Crippen molar-refractivity contribution in [3.8, 4) is 0 Å². The van der Waals surface area contributed by atoms with Gasteiger partial charge in [0.05, 0.1) is 5.70 Å². The summed E-state index contributed by atoms with van der Waals surface area (Å²) in [4.78, 5) is 4.84. The van der Waals surface area contributed by atoms with E-state index in [4.69, 9.17) is 4.99 Å². The summed E-state index contributed by atoms with van der Waals surface area (Å²) in [6.45, 7) is 4.26. The Hall–Kier alpha value is -1.89. The molecule has 0 unspecified atom stereocenters. The van der Waals surface area contributed by atoms with Crippen molar-refractivity contribution in [2.24, 2.45) is 4.99 Å². The monoisotopic (exact) mass is 251 g/mol. The van der Waals surface area contributed by atoms with Crippen molar-refractivity contribution in [2.75, 3.05) is 0 Å². The van der Waals surface area contributed by atoms with Crippen molar-refractivity contribution in [2.45, 2.75) is 33.1 Å². The van der Waals surface area contributed by atoms with Crippen LogP contribution in [0.5, 0.6) is 0 Å². The zero-order valence-electron chi connectivity index (χ0n) is 11.8. The van der Waals surface area contributed by atoms with Gasteiger partial charge >= 0.3 is 0 Å². The van der Waals surface area contributed by atoms with Gasteiger partial charge in [-0.3, -0.25) is 4.99 Å². The van der Waals surface area contributed by atoms with Crippen molar-refractivity contribution in [3.05, 3.63) is 65.8 Å². The molecule has 0 bridgehead atoms. The summed E-state index contributed by atoms with van der Waals surface area (Å²) in [6.07, 6.45) is 11.9. The third-order valence-electron chi connectivity index (χ3n) is 3.23. The maximum absolute atomic E-state index is 4.84. The maximum atomic E-state index is 4.84. The fourth-order valence-corrected chi connectivity index (χ4v) is 2.19. The Labute approximate surface area is 116 Å². The van der Waals surface area contributed by atoms with Crippen LogP contribution in [0.25, 0.3) is 5.70 Å². The van der Waals surface area contributed by atoms with Gasteiger partial charge in [-0.25, -0.2) is 0 Å². The number of nitrogens with zero attached hydrogens (tertiary/aromatic N) is 1. The molecule has 0 amide bonds. The van der Waals surface area contributed by atoms with Crippen LogP contribution >= 0.6 is 0 Å². The van der Waals surface area contributed by atoms with E-state index in [-0.39, 0.29) is 0 Å². The van der Waals surface area contributed by atoms with Gasteiger partial charge in [-0.1, -0.05) is 61.6 Å². The summed E-state index contributed by atoms with van der Waals surface area (Å²) in [5.74, 6) is 0. The highest BCUT2D eigenvalue weighted by atomic mass is 14.8. The number of rotatable bonds is 4. The molecule has 0 heterocycles. The highest BCUT2D eigenvalue weighted by Crippen LogP contribution is 2.20. The second-order valence-electron chi connectivity index (χ2n) is 4.72. The number of benzene rings is 1. The Bertz CT molecular complexity index is 530. The van der Waals surface area contributed by atoms with E-state index >= 15 is 0 Å². The minimum absolute atomic E-state index is 1.000. The molecule has 98 valence electrons. The normalized spacial score (nSPS) is 16.4. The third-order valence-corrected chi connectivity index (χ3v) is 3.23. The number of allylic oxidation sites excluding steroid dienone is 5. The molecule has 0 aliphatic heterocycles. The molecular formula is C18H21N. The van der Waals surface area contributed by atoms with Crippen molar-refractivity contribution < 1.29 is 0 Å². The fourth-order valence-electron chi connectivity index (χ4n) is 2.19. The first kappa shape index (κ1) is 13.5. The molecule has 1 aromatic rings. The Morgan fingerprint density at radius 3 is 2.68 bits per heavy atom. The second kappa shape index (κ2) is 6.89. The van der Waals surface area contributed by atoms with Crippen LogP contribution in [0.15, 0.2) is 65.2 Å². The number of hydrogen-bond acceptors (Lipinski definition) is 1. The van der Waals surface area contributed by atoms with Crippen LogP contribution in [0, 0.1) is 0 Å². The van der Waals surface area contributed by atoms with Crippen LogP contribution in [0.3, 0.4) is 0 Å². The first-order valence-electron chi connectivity index (χ1n) is 6.98. The zero-order chi connectivity index (χ0) is 13.5. The Balaban J connectivity index is 2.29. The molecule has 1 aliphatic rings. The van der Waals surface area contributed by atoms with Crippen LogP contribution in [0.1, 0.15) is 38.7 Å². The lowest BCUT2D eigenvalue weighted by atomic mass is 10.0. The molecule has 0 N–H and O–H groups in total. The fraction of sp³-hybridized carbons (Fsp3) is 0.278. The van der Waals surface area contributed by atoms with Gasteiger partial charge in [0.1, 0.15) is 0 Å². The van der Waals surface area contributed by atoms with Crippen LogP contribution < -0.4 is 0 Å². The standard InChI is InChI=1S/C18H21N/c1-3-10-18(17-13-8-5-9-14-17)19-15(2)16-11-6-4-7-12-16/h4-6,8-11,13-14H,3,7,12H2,1-2H3/b18-10-,19-15+. The van der Waals surface area contributed by atoms with Crippen LogP contribution in [0.4, 0.5) is 0 Å². The van der Waals surface area contributed by atoms with Crippen molar-refractivity contribution in [1.82, 2.24) is 0 Å². The van der Waals surface area contributed by atoms with Crippen LogP contribution in [0.2, 0.25) is 0 Å². The summed E-state index contributed by atoms with van der Waals surface area (Å²) in [7, 11) is 0.